The number of thioether (sulfide) groups is 1. The smallest absolute Gasteiger partial charge is 0.214 e. The van der Waals surface area contributed by atoms with E-state index in [2.05, 4.69) is 47.6 Å². The maximum atomic E-state index is 5.92. The van der Waals surface area contributed by atoms with Gasteiger partial charge in [-0.2, -0.15) is 4.68 Å². The summed E-state index contributed by atoms with van der Waals surface area (Å²) in [5.41, 5.74) is 4.42. The fourth-order valence-electron chi connectivity index (χ4n) is 3.25. The number of ether oxygens (including phenoxy) is 2. The summed E-state index contributed by atoms with van der Waals surface area (Å²) >= 11 is 1.59. The first kappa shape index (κ1) is 17.9. The average Bonchev–Trinajstić information content (AvgIpc) is 3.25. The summed E-state index contributed by atoms with van der Waals surface area (Å²) < 4.78 is 13.6. The molecule has 1 aliphatic rings. The molecule has 4 rings (SSSR count). The lowest BCUT2D eigenvalue weighted by Gasteiger charge is -2.12. The molecule has 1 atom stereocenters. The monoisotopic (exact) mass is 382 g/mol. The molecule has 140 valence electrons. The Morgan fingerprint density at radius 2 is 2.15 bits per heavy atom. The van der Waals surface area contributed by atoms with Gasteiger partial charge in [0, 0.05) is 23.3 Å². The fourth-order valence-corrected chi connectivity index (χ4v) is 4.11. The van der Waals surface area contributed by atoms with Gasteiger partial charge in [-0.05, 0) is 55.0 Å². The summed E-state index contributed by atoms with van der Waals surface area (Å²) in [7, 11) is 0. The van der Waals surface area contributed by atoms with E-state index < -0.39 is 0 Å². The number of nitrogens with zero attached hydrogens (tertiary/aromatic N) is 4. The van der Waals surface area contributed by atoms with E-state index in [1.807, 2.05) is 25.1 Å². The quantitative estimate of drug-likeness (QED) is 0.601. The molecule has 0 bridgehead atoms. The zero-order valence-corrected chi connectivity index (χ0v) is 16.5. The molecule has 0 fully saturated rings. The summed E-state index contributed by atoms with van der Waals surface area (Å²) in [5, 5.41) is 13.0. The third kappa shape index (κ3) is 3.64. The Morgan fingerprint density at radius 3 is 2.96 bits per heavy atom. The highest BCUT2D eigenvalue weighted by molar-refractivity contribution is 7.98. The molecule has 0 saturated heterocycles. The van der Waals surface area contributed by atoms with Crippen LogP contribution in [0.5, 0.6) is 11.5 Å². The second kappa shape index (κ2) is 7.60. The number of rotatable bonds is 6. The van der Waals surface area contributed by atoms with Crippen LogP contribution in [0.1, 0.15) is 30.5 Å². The largest absolute Gasteiger partial charge is 0.494 e. The van der Waals surface area contributed by atoms with Crippen molar-refractivity contribution in [3.05, 3.63) is 53.1 Å². The van der Waals surface area contributed by atoms with Crippen LogP contribution in [-0.2, 0) is 12.2 Å². The molecular formula is C20H22N4O2S. The van der Waals surface area contributed by atoms with E-state index in [1.165, 1.54) is 5.56 Å². The van der Waals surface area contributed by atoms with Crippen molar-refractivity contribution in [2.45, 2.75) is 44.2 Å². The van der Waals surface area contributed by atoms with Gasteiger partial charge in [-0.15, -0.1) is 5.10 Å². The second-order valence-corrected chi connectivity index (χ2v) is 7.52. The number of tetrazole rings is 1. The Morgan fingerprint density at radius 1 is 1.30 bits per heavy atom. The summed E-state index contributed by atoms with van der Waals surface area (Å²) in [6.45, 7) is 6.78. The van der Waals surface area contributed by atoms with Crippen molar-refractivity contribution < 1.29 is 9.47 Å². The molecule has 1 aromatic heterocycles. The molecular weight excluding hydrogens is 360 g/mol. The van der Waals surface area contributed by atoms with Gasteiger partial charge in [-0.3, -0.25) is 0 Å². The molecule has 2 heterocycles. The number of aryl methyl sites for hydroxylation is 1. The molecule has 0 amide bonds. The third-order valence-electron chi connectivity index (χ3n) is 4.52. The Hall–Kier alpha value is -2.54. The van der Waals surface area contributed by atoms with Gasteiger partial charge >= 0.3 is 0 Å². The van der Waals surface area contributed by atoms with Crippen molar-refractivity contribution in [3.63, 3.8) is 0 Å². The number of hydrogen-bond donors (Lipinski definition) is 0. The SMILES string of the molecule is CCOc1cc2c(cc1CSc1nnnn1-c1ccccc1C)OC(C)C2. The third-order valence-corrected chi connectivity index (χ3v) is 5.49. The van der Waals surface area contributed by atoms with Gasteiger partial charge in [0.1, 0.15) is 17.6 Å². The Kier molecular flexibility index (Phi) is 5.03. The zero-order valence-electron chi connectivity index (χ0n) is 15.7. The summed E-state index contributed by atoms with van der Waals surface area (Å²) in [5.74, 6) is 2.57. The minimum Gasteiger partial charge on any atom is -0.494 e. The minimum absolute atomic E-state index is 0.214. The molecule has 0 saturated carbocycles. The average molecular weight is 382 g/mol. The molecule has 27 heavy (non-hydrogen) atoms. The van der Waals surface area contributed by atoms with E-state index in [0.717, 1.165) is 39.9 Å². The molecule has 2 aromatic carbocycles. The second-order valence-electron chi connectivity index (χ2n) is 6.58. The Labute approximate surface area is 162 Å². The zero-order chi connectivity index (χ0) is 18.8. The van der Waals surface area contributed by atoms with Crippen LogP contribution in [0.3, 0.4) is 0 Å². The predicted molar refractivity (Wildman–Crippen MR) is 105 cm³/mol. The van der Waals surface area contributed by atoms with Crippen LogP contribution in [0.15, 0.2) is 41.6 Å². The number of para-hydroxylation sites is 1. The van der Waals surface area contributed by atoms with Crippen molar-refractivity contribution in [1.29, 1.82) is 0 Å². The summed E-state index contributed by atoms with van der Waals surface area (Å²) in [4.78, 5) is 0. The maximum Gasteiger partial charge on any atom is 0.214 e. The predicted octanol–water partition coefficient (Wildman–Crippen LogP) is 3.99. The van der Waals surface area contributed by atoms with Crippen molar-refractivity contribution in [2.75, 3.05) is 6.61 Å². The van der Waals surface area contributed by atoms with E-state index >= 15 is 0 Å². The highest BCUT2D eigenvalue weighted by Crippen LogP contribution is 2.37. The van der Waals surface area contributed by atoms with Gasteiger partial charge in [0.05, 0.1) is 12.3 Å². The van der Waals surface area contributed by atoms with E-state index in [9.17, 15) is 0 Å². The van der Waals surface area contributed by atoms with Gasteiger partial charge in [-0.1, -0.05) is 30.0 Å². The van der Waals surface area contributed by atoms with E-state index in [0.29, 0.717) is 12.4 Å². The van der Waals surface area contributed by atoms with E-state index in [-0.39, 0.29) is 6.10 Å². The lowest BCUT2D eigenvalue weighted by molar-refractivity contribution is 0.254. The topological polar surface area (TPSA) is 62.1 Å². The number of aromatic nitrogens is 4. The van der Waals surface area contributed by atoms with Crippen LogP contribution in [0.25, 0.3) is 5.69 Å². The Balaban J connectivity index is 1.59. The van der Waals surface area contributed by atoms with E-state index in [4.69, 9.17) is 9.47 Å². The first-order valence-electron chi connectivity index (χ1n) is 9.08. The van der Waals surface area contributed by atoms with Crippen LogP contribution in [0.2, 0.25) is 0 Å². The highest BCUT2D eigenvalue weighted by atomic mass is 32.2. The number of fused-ring (bicyclic) bond motifs is 1. The molecule has 0 N–H and O–H groups in total. The normalized spacial score (nSPS) is 15.4. The summed E-state index contributed by atoms with van der Waals surface area (Å²) in [6, 6.07) is 12.3. The molecule has 1 aliphatic heterocycles. The standard InChI is InChI=1S/C20H22N4O2S/c1-4-25-18-10-15-9-14(3)26-19(15)11-16(18)12-27-20-21-22-23-24(20)17-8-6-5-7-13(17)2/h5-8,10-11,14H,4,9,12H2,1-3H3. The van der Waals surface area contributed by atoms with Crippen molar-refractivity contribution >= 4 is 11.8 Å². The molecule has 7 heteroatoms. The van der Waals surface area contributed by atoms with Gasteiger partial charge in [-0.25, -0.2) is 0 Å². The molecule has 3 aromatic rings. The first-order valence-corrected chi connectivity index (χ1v) is 10.1. The van der Waals surface area contributed by atoms with Crippen molar-refractivity contribution in [2.24, 2.45) is 0 Å². The van der Waals surface area contributed by atoms with Crippen LogP contribution in [-0.4, -0.2) is 32.9 Å². The molecule has 0 radical (unpaired) electrons. The lowest BCUT2D eigenvalue weighted by Crippen LogP contribution is -2.05. The minimum atomic E-state index is 0.214. The number of hydrogen-bond acceptors (Lipinski definition) is 6. The first-order chi connectivity index (χ1) is 13.2. The van der Waals surface area contributed by atoms with Crippen LogP contribution in [0.4, 0.5) is 0 Å². The molecule has 0 spiro atoms. The molecule has 1 unspecified atom stereocenters. The fraction of sp³-hybridized carbons (Fsp3) is 0.350. The van der Waals surface area contributed by atoms with Crippen molar-refractivity contribution in [3.8, 4) is 17.2 Å². The van der Waals surface area contributed by atoms with Gasteiger partial charge in [0.2, 0.25) is 5.16 Å². The van der Waals surface area contributed by atoms with Crippen LogP contribution >= 0.6 is 11.8 Å². The van der Waals surface area contributed by atoms with Gasteiger partial charge < -0.3 is 9.47 Å². The van der Waals surface area contributed by atoms with Crippen LogP contribution < -0.4 is 9.47 Å². The lowest BCUT2D eigenvalue weighted by atomic mass is 10.1. The van der Waals surface area contributed by atoms with Gasteiger partial charge in [0.15, 0.2) is 0 Å². The summed E-state index contributed by atoms with van der Waals surface area (Å²) in [6.07, 6.45) is 1.14. The van der Waals surface area contributed by atoms with E-state index in [1.54, 1.807) is 16.4 Å². The van der Waals surface area contributed by atoms with Crippen molar-refractivity contribution in [1.82, 2.24) is 20.2 Å². The molecule has 0 aliphatic carbocycles. The molecule has 6 nitrogen and oxygen atoms in total. The van der Waals surface area contributed by atoms with Gasteiger partial charge in [0.25, 0.3) is 0 Å². The number of benzene rings is 2. The Bertz CT molecular complexity index is 957. The van der Waals surface area contributed by atoms with Crippen LogP contribution in [0, 0.1) is 6.92 Å². The highest BCUT2D eigenvalue weighted by Gasteiger charge is 2.22. The maximum absolute atomic E-state index is 5.92.